The lowest BCUT2D eigenvalue weighted by Gasteiger charge is -2.04. The Morgan fingerprint density at radius 2 is 2.25 bits per heavy atom. The number of benzene rings is 1. The van der Waals surface area contributed by atoms with Gasteiger partial charge in [-0.2, -0.15) is 4.98 Å². The minimum absolute atomic E-state index is 0.216. The quantitative estimate of drug-likeness (QED) is 0.852. The lowest BCUT2D eigenvalue weighted by atomic mass is 10.1. The summed E-state index contributed by atoms with van der Waals surface area (Å²) < 4.78 is 16.5. The Kier molecular flexibility index (Phi) is 2.89. The SMILES string of the molecule is Clc1ccc2c(c1)CC(c1nc(C3CCOC3)no1)O2. The molecular formula is C14H13ClN2O3. The first-order valence-electron chi connectivity index (χ1n) is 6.66. The zero-order chi connectivity index (χ0) is 13.5. The lowest BCUT2D eigenvalue weighted by Crippen LogP contribution is -2.05. The number of hydrogen-bond acceptors (Lipinski definition) is 5. The molecule has 0 spiro atoms. The van der Waals surface area contributed by atoms with Gasteiger partial charge in [0, 0.05) is 24.0 Å². The fraction of sp³-hybridized carbons (Fsp3) is 0.429. The Hall–Kier alpha value is -1.59. The molecule has 0 bridgehead atoms. The molecule has 0 N–H and O–H groups in total. The Labute approximate surface area is 120 Å². The Balaban J connectivity index is 1.55. The standard InChI is InChI=1S/C14H13ClN2O3/c15-10-1-2-11-9(5-10)6-12(19-11)14-16-13(17-20-14)8-3-4-18-7-8/h1-2,5,8,12H,3-4,6-7H2. The molecule has 6 heteroatoms. The number of halogens is 1. The van der Waals surface area contributed by atoms with E-state index in [1.807, 2.05) is 18.2 Å². The molecule has 2 aliphatic heterocycles. The highest BCUT2D eigenvalue weighted by atomic mass is 35.5. The van der Waals surface area contributed by atoms with E-state index in [2.05, 4.69) is 10.1 Å². The van der Waals surface area contributed by atoms with Gasteiger partial charge in [0.2, 0.25) is 0 Å². The molecule has 2 aromatic rings. The molecule has 2 aliphatic rings. The van der Waals surface area contributed by atoms with Gasteiger partial charge in [-0.25, -0.2) is 0 Å². The number of fused-ring (bicyclic) bond motifs is 1. The van der Waals surface area contributed by atoms with Crippen LogP contribution < -0.4 is 4.74 Å². The van der Waals surface area contributed by atoms with Crippen molar-refractivity contribution in [3.63, 3.8) is 0 Å². The molecule has 1 saturated heterocycles. The van der Waals surface area contributed by atoms with Crippen molar-refractivity contribution in [1.29, 1.82) is 0 Å². The van der Waals surface area contributed by atoms with E-state index < -0.39 is 0 Å². The summed E-state index contributed by atoms with van der Waals surface area (Å²) in [7, 11) is 0. The molecule has 1 aromatic heterocycles. The van der Waals surface area contributed by atoms with E-state index >= 15 is 0 Å². The molecule has 3 heterocycles. The second kappa shape index (κ2) is 4.75. The van der Waals surface area contributed by atoms with Crippen LogP contribution in [0.5, 0.6) is 5.75 Å². The third kappa shape index (κ3) is 2.07. The maximum absolute atomic E-state index is 5.99. The van der Waals surface area contributed by atoms with Crippen LogP contribution in [0.15, 0.2) is 22.7 Å². The van der Waals surface area contributed by atoms with Crippen LogP contribution >= 0.6 is 11.6 Å². The number of aromatic nitrogens is 2. The molecule has 0 amide bonds. The average molecular weight is 293 g/mol. The van der Waals surface area contributed by atoms with Crippen LogP contribution in [0, 0.1) is 0 Å². The van der Waals surface area contributed by atoms with Gasteiger partial charge in [-0.05, 0) is 30.2 Å². The van der Waals surface area contributed by atoms with Crippen molar-refractivity contribution in [3.8, 4) is 5.75 Å². The van der Waals surface area contributed by atoms with Gasteiger partial charge in [-0.1, -0.05) is 16.8 Å². The van der Waals surface area contributed by atoms with E-state index in [9.17, 15) is 0 Å². The van der Waals surface area contributed by atoms with Gasteiger partial charge in [0.05, 0.1) is 6.61 Å². The zero-order valence-electron chi connectivity index (χ0n) is 10.7. The van der Waals surface area contributed by atoms with Crippen LogP contribution in [0.25, 0.3) is 0 Å². The average Bonchev–Trinajstić information content (AvgIpc) is 3.17. The van der Waals surface area contributed by atoms with Gasteiger partial charge in [-0.15, -0.1) is 0 Å². The summed E-state index contributed by atoms with van der Waals surface area (Å²) in [6.07, 6.45) is 1.44. The number of nitrogens with zero attached hydrogens (tertiary/aromatic N) is 2. The summed E-state index contributed by atoms with van der Waals surface area (Å²) in [5.74, 6) is 2.32. The van der Waals surface area contributed by atoms with Gasteiger partial charge in [0.15, 0.2) is 11.9 Å². The molecule has 1 aromatic carbocycles. The minimum Gasteiger partial charge on any atom is -0.480 e. The van der Waals surface area contributed by atoms with Crippen LogP contribution in [0.2, 0.25) is 5.02 Å². The maximum atomic E-state index is 5.99. The Morgan fingerprint density at radius 3 is 3.10 bits per heavy atom. The van der Waals surface area contributed by atoms with E-state index in [4.69, 9.17) is 25.6 Å². The monoisotopic (exact) mass is 292 g/mol. The first-order chi connectivity index (χ1) is 9.79. The van der Waals surface area contributed by atoms with Gasteiger partial charge < -0.3 is 14.0 Å². The van der Waals surface area contributed by atoms with E-state index in [0.717, 1.165) is 30.2 Å². The predicted molar refractivity (Wildman–Crippen MR) is 71.0 cm³/mol. The van der Waals surface area contributed by atoms with E-state index in [-0.39, 0.29) is 12.0 Å². The minimum atomic E-state index is -0.216. The molecule has 0 aliphatic carbocycles. The maximum Gasteiger partial charge on any atom is 0.268 e. The molecule has 2 unspecified atom stereocenters. The molecule has 104 valence electrons. The van der Waals surface area contributed by atoms with Crippen molar-refractivity contribution in [2.45, 2.75) is 24.9 Å². The van der Waals surface area contributed by atoms with E-state index in [0.29, 0.717) is 23.9 Å². The summed E-state index contributed by atoms with van der Waals surface area (Å²) in [5.41, 5.74) is 1.08. The number of ether oxygens (including phenoxy) is 2. The fourth-order valence-corrected chi connectivity index (χ4v) is 2.83. The third-order valence-corrected chi connectivity index (χ3v) is 3.96. The Bertz CT molecular complexity index is 637. The molecular weight excluding hydrogens is 280 g/mol. The van der Waals surface area contributed by atoms with Crippen LogP contribution in [0.4, 0.5) is 0 Å². The largest absolute Gasteiger partial charge is 0.480 e. The number of hydrogen-bond donors (Lipinski definition) is 0. The zero-order valence-corrected chi connectivity index (χ0v) is 11.5. The predicted octanol–water partition coefficient (Wildman–Crippen LogP) is 2.90. The van der Waals surface area contributed by atoms with E-state index in [1.54, 1.807) is 0 Å². The van der Waals surface area contributed by atoms with Crippen molar-refractivity contribution < 1.29 is 14.0 Å². The van der Waals surface area contributed by atoms with Crippen molar-refractivity contribution in [3.05, 3.63) is 40.5 Å². The molecule has 5 nitrogen and oxygen atoms in total. The Morgan fingerprint density at radius 1 is 1.30 bits per heavy atom. The summed E-state index contributed by atoms with van der Waals surface area (Å²) >= 11 is 5.99. The van der Waals surface area contributed by atoms with Crippen molar-refractivity contribution in [2.24, 2.45) is 0 Å². The van der Waals surface area contributed by atoms with Crippen LogP contribution in [-0.4, -0.2) is 23.4 Å². The highest BCUT2D eigenvalue weighted by molar-refractivity contribution is 6.30. The van der Waals surface area contributed by atoms with Gasteiger partial charge in [0.25, 0.3) is 5.89 Å². The molecule has 2 atom stereocenters. The van der Waals surface area contributed by atoms with Crippen molar-refractivity contribution in [2.75, 3.05) is 13.2 Å². The summed E-state index contributed by atoms with van der Waals surface area (Å²) in [5, 5.41) is 4.76. The van der Waals surface area contributed by atoms with Crippen LogP contribution in [-0.2, 0) is 11.2 Å². The lowest BCUT2D eigenvalue weighted by molar-refractivity contribution is 0.183. The fourth-order valence-electron chi connectivity index (χ4n) is 2.64. The van der Waals surface area contributed by atoms with Gasteiger partial charge >= 0.3 is 0 Å². The molecule has 1 fully saturated rings. The third-order valence-electron chi connectivity index (χ3n) is 3.72. The van der Waals surface area contributed by atoms with Crippen molar-refractivity contribution >= 4 is 11.6 Å². The highest BCUT2D eigenvalue weighted by Gasteiger charge is 2.31. The molecule has 4 rings (SSSR count). The number of rotatable bonds is 2. The van der Waals surface area contributed by atoms with E-state index in [1.165, 1.54) is 0 Å². The van der Waals surface area contributed by atoms with Crippen LogP contribution in [0.3, 0.4) is 0 Å². The molecule has 0 radical (unpaired) electrons. The normalized spacial score (nSPS) is 24.6. The topological polar surface area (TPSA) is 57.4 Å². The second-order valence-electron chi connectivity index (χ2n) is 5.11. The molecule has 0 saturated carbocycles. The summed E-state index contributed by atoms with van der Waals surface area (Å²) in [6, 6.07) is 5.61. The first-order valence-corrected chi connectivity index (χ1v) is 7.04. The molecule has 20 heavy (non-hydrogen) atoms. The first kappa shape index (κ1) is 12.2. The smallest absolute Gasteiger partial charge is 0.268 e. The van der Waals surface area contributed by atoms with Gasteiger partial charge in [0.1, 0.15) is 5.75 Å². The van der Waals surface area contributed by atoms with Gasteiger partial charge in [-0.3, -0.25) is 0 Å². The highest BCUT2D eigenvalue weighted by Crippen LogP contribution is 2.37. The van der Waals surface area contributed by atoms with Crippen molar-refractivity contribution in [1.82, 2.24) is 10.1 Å². The second-order valence-corrected chi connectivity index (χ2v) is 5.55. The summed E-state index contributed by atoms with van der Waals surface area (Å²) in [6.45, 7) is 1.43. The summed E-state index contributed by atoms with van der Waals surface area (Å²) in [4.78, 5) is 4.46. The van der Waals surface area contributed by atoms with Crippen LogP contribution in [0.1, 0.15) is 35.7 Å².